The molecule has 0 aromatic rings. The Morgan fingerprint density at radius 3 is 2.20 bits per heavy atom. The molecule has 1 aliphatic rings. The second kappa shape index (κ2) is 6.55. The highest BCUT2D eigenvalue weighted by molar-refractivity contribution is 7.52. The molecule has 0 aromatic heterocycles. The quantitative estimate of drug-likeness (QED) is 0.298. The summed E-state index contributed by atoms with van der Waals surface area (Å²) in [7, 11) is -8.58. The van der Waals surface area contributed by atoms with Crippen molar-refractivity contribution in [1.82, 2.24) is 0 Å². The molecule has 8 N–H and O–H groups in total. The van der Waals surface area contributed by atoms with E-state index in [0.717, 1.165) is 12.8 Å². The monoisotopic (exact) mass is 330 g/mol. The third kappa shape index (κ3) is 5.54. The minimum absolute atomic E-state index is 0.0101. The van der Waals surface area contributed by atoms with Crippen molar-refractivity contribution in [2.75, 3.05) is 6.16 Å². The SMILES string of the molecule is NC1(N)CCCCC1C(CCCP(=O)(O)O)P(=O)(O)O. The summed E-state index contributed by atoms with van der Waals surface area (Å²) in [5, 5.41) is 0. The normalized spacial score (nSPS) is 25.4. The second-order valence-corrected chi connectivity index (χ2v) is 9.27. The van der Waals surface area contributed by atoms with Gasteiger partial charge >= 0.3 is 15.2 Å². The molecule has 0 amide bonds. The minimum Gasteiger partial charge on any atom is -0.324 e. The Hall–Kier alpha value is 0.220. The lowest BCUT2D eigenvalue weighted by Gasteiger charge is -2.42. The van der Waals surface area contributed by atoms with Crippen LogP contribution in [-0.2, 0) is 9.13 Å². The molecule has 0 heterocycles. The van der Waals surface area contributed by atoms with E-state index in [2.05, 4.69) is 0 Å². The van der Waals surface area contributed by atoms with E-state index in [9.17, 15) is 18.9 Å². The highest BCUT2D eigenvalue weighted by Gasteiger charge is 2.45. The van der Waals surface area contributed by atoms with E-state index in [4.69, 9.17) is 21.3 Å². The molecule has 1 saturated carbocycles. The summed E-state index contributed by atoms with van der Waals surface area (Å²) in [6, 6.07) is 0. The largest absolute Gasteiger partial charge is 0.329 e. The van der Waals surface area contributed by atoms with Gasteiger partial charge in [0, 0.05) is 12.1 Å². The predicted molar refractivity (Wildman–Crippen MR) is 75.0 cm³/mol. The Morgan fingerprint density at radius 1 is 1.15 bits per heavy atom. The molecule has 8 nitrogen and oxygen atoms in total. The van der Waals surface area contributed by atoms with Crippen molar-refractivity contribution in [1.29, 1.82) is 0 Å². The van der Waals surface area contributed by atoms with E-state index >= 15 is 0 Å². The maximum atomic E-state index is 11.7. The van der Waals surface area contributed by atoms with Gasteiger partial charge in [-0.25, -0.2) is 0 Å². The smallest absolute Gasteiger partial charge is 0.324 e. The van der Waals surface area contributed by atoms with Crippen molar-refractivity contribution >= 4 is 15.2 Å². The second-order valence-electron chi connectivity index (χ2n) is 5.65. The summed E-state index contributed by atoms with van der Waals surface area (Å²) in [6.45, 7) is 0. The van der Waals surface area contributed by atoms with E-state index in [1.165, 1.54) is 0 Å². The number of hydrogen-bond donors (Lipinski definition) is 6. The first-order valence-corrected chi connectivity index (χ1v) is 10.1. The van der Waals surface area contributed by atoms with Gasteiger partial charge in [0.05, 0.1) is 11.3 Å². The van der Waals surface area contributed by atoms with Crippen LogP contribution < -0.4 is 11.5 Å². The first-order chi connectivity index (χ1) is 8.93. The van der Waals surface area contributed by atoms with Gasteiger partial charge in [-0.3, -0.25) is 9.13 Å². The fraction of sp³-hybridized carbons (Fsp3) is 1.00. The summed E-state index contributed by atoms with van der Waals surface area (Å²) in [6.07, 6.45) is 2.29. The lowest BCUT2D eigenvalue weighted by Crippen LogP contribution is -2.60. The molecule has 2 unspecified atom stereocenters. The third-order valence-electron chi connectivity index (χ3n) is 3.91. The zero-order chi connectivity index (χ0) is 15.6. The average molecular weight is 330 g/mol. The molecular formula is C10H24N2O6P2. The van der Waals surface area contributed by atoms with Crippen LogP contribution in [0.3, 0.4) is 0 Å². The highest BCUT2D eigenvalue weighted by Crippen LogP contribution is 2.52. The summed E-state index contributed by atoms with van der Waals surface area (Å²) in [4.78, 5) is 36.6. The Labute approximate surface area is 118 Å². The van der Waals surface area contributed by atoms with Gasteiger partial charge in [0.15, 0.2) is 0 Å². The van der Waals surface area contributed by atoms with E-state index in [1.807, 2.05) is 0 Å². The van der Waals surface area contributed by atoms with Gasteiger partial charge in [0.1, 0.15) is 0 Å². The van der Waals surface area contributed by atoms with Crippen LogP contribution in [0.5, 0.6) is 0 Å². The Morgan fingerprint density at radius 2 is 1.75 bits per heavy atom. The molecular weight excluding hydrogens is 306 g/mol. The molecule has 120 valence electrons. The predicted octanol–water partition coefficient (Wildman–Crippen LogP) is 0.294. The van der Waals surface area contributed by atoms with Gasteiger partial charge in [-0.1, -0.05) is 12.8 Å². The van der Waals surface area contributed by atoms with Crippen LogP contribution in [0.4, 0.5) is 0 Å². The van der Waals surface area contributed by atoms with Gasteiger partial charge in [0.2, 0.25) is 0 Å². The molecule has 0 bridgehead atoms. The molecule has 1 aliphatic carbocycles. The number of nitrogens with two attached hydrogens (primary N) is 2. The van der Waals surface area contributed by atoms with Gasteiger partial charge in [-0.15, -0.1) is 0 Å². The molecule has 0 spiro atoms. The van der Waals surface area contributed by atoms with Crippen LogP contribution in [0.1, 0.15) is 38.5 Å². The Bertz CT molecular complexity index is 418. The summed E-state index contributed by atoms with van der Waals surface area (Å²) < 4.78 is 22.5. The molecule has 0 radical (unpaired) electrons. The number of hydrogen-bond acceptors (Lipinski definition) is 4. The molecule has 0 aliphatic heterocycles. The molecule has 0 saturated heterocycles. The minimum atomic E-state index is -4.42. The van der Waals surface area contributed by atoms with Crippen LogP contribution >= 0.6 is 15.2 Å². The summed E-state index contributed by atoms with van der Waals surface area (Å²) >= 11 is 0. The van der Waals surface area contributed by atoms with E-state index in [1.54, 1.807) is 0 Å². The van der Waals surface area contributed by atoms with Gasteiger partial charge in [0.25, 0.3) is 0 Å². The van der Waals surface area contributed by atoms with Crippen LogP contribution in [0, 0.1) is 5.92 Å². The Kier molecular flexibility index (Phi) is 5.98. The van der Waals surface area contributed by atoms with E-state index < -0.39 is 38.6 Å². The first kappa shape index (κ1) is 18.3. The number of rotatable bonds is 6. The van der Waals surface area contributed by atoms with Crippen LogP contribution in [0.25, 0.3) is 0 Å². The zero-order valence-electron chi connectivity index (χ0n) is 11.3. The summed E-state index contributed by atoms with van der Waals surface area (Å²) in [5.74, 6) is -0.533. The third-order valence-corrected chi connectivity index (χ3v) is 6.29. The van der Waals surface area contributed by atoms with Gasteiger partial charge < -0.3 is 31.0 Å². The van der Waals surface area contributed by atoms with Gasteiger partial charge in [-0.2, -0.15) is 0 Å². The summed E-state index contributed by atoms with van der Waals surface area (Å²) in [5.41, 5.74) is 9.75. The maximum absolute atomic E-state index is 11.7. The molecule has 0 aromatic carbocycles. The molecule has 20 heavy (non-hydrogen) atoms. The van der Waals surface area contributed by atoms with Crippen molar-refractivity contribution in [3.63, 3.8) is 0 Å². The Balaban J connectivity index is 2.79. The lowest BCUT2D eigenvalue weighted by molar-refractivity contribution is 0.170. The van der Waals surface area contributed by atoms with Crippen molar-refractivity contribution in [2.24, 2.45) is 17.4 Å². The fourth-order valence-corrected chi connectivity index (χ4v) is 4.92. The maximum Gasteiger partial charge on any atom is 0.329 e. The van der Waals surface area contributed by atoms with Gasteiger partial charge in [-0.05, 0) is 25.7 Å². The van der Waals surface area contributed by atoms with Crippen molar-refractivity contribution < 1.29 is 28.7 Å². The lowest BCUT2D eigenvalue weighted by atomic mass is 9.77. The molecule has 1 fully saturated rings. The standard InChI is InChI=1S/C10H24N2O6P2/c11-10(12)6-2-1-4-8(10)9(20(16,17)18)5-3-7-19(13,14)15/h8-9H,1-7,11-12H2,(H2,13,14,15)(H2,16,17,18). The van der Waals surface area contributed by atoms with Crippen molar-refractivity contribution in [2.45, 2.75) is 49.8 Å². The van der Waals surface area contributed by atoms with Crippen LogP contribution in [-0.4, -0.2) is 37.1 Å². The van der Waals surface area contributed by atoms with Crippen molar-refractivity contribution in [3.05, 3.63) is 0 Å². The van der Waals surface area contributed by atoms with E-state index in [0.29, 0.717) is 12.8 Å². The van der Waals surface area contributed by atoms with Crippen LogP contribution in [0.15, 0.2) is 0 Å². The molecule has 1 rings (SSSR count). The topological polar surface area (TPSA) is 167 Å². The fourth-order valence-electron chi connectivity index (χ4n) is 2.91. The highest BCUT2D eigenvalue weighted by atomic mass is 31.2. The molecule has 2 atom stereocenters. The van der Waals surface area contributed by atoms with Crippen LogP contribution in [0.2, 0.25) is 0 Å². The zero-order valence-corrected chi connectivity index (χ0v) is 13.0. The first-order valence-electron chi connectivity index (χ1n) is 6.61. The van der Waals surface area contributed by atoms with Crippen molar-refractivity contribution in [3.8, 4) is 0 Å². The average Bonchev–Trinajstić information content (AvgIpc) is 2.22. The molecule has 10 heteroatoms. The van der Waals surface area contributed by atoms with E-state index in [-0.39, 0.29) is 12.8 Å².